The maximum absolute atomic E-state index is 13.9. The number of guanidine groups is 1. The number of halogens is 2. The molecule has 0 bridgehead atoms. The predicted molar refractivity (Wildman–Crippen MR) is 111 cm³/mol. The Morgan fingerprint density at radius 2 is 2.11 bits per heavy atom. The molecule has 150 valence electrons. The Labute approximate surface area is 168 Å². The molecule has 1 saturated heterocycles. The third-order valence-electron chi connectivity index (χ3n) is 4.49. The van der Waals surface area contributed by atoms with Crippen LogP contribution in [0.25, 0.3) is 0 Å². The number of anilines is 1. The minimum absolute atomic E-state index is 0.196. The number of nitrogens with zero attached hydrogens (tertiary/aromatic N) is 3. The molecular formula is C20H25F2N5S. The molecule has 5 nitrogen and oxygen atoms in total. The van der Waals surface area contributed by atoms with Crippen LogP contribution in [0.5, 0.6) is 0 Å². The van der Waals surface area contributed by atoms with E-state index in [0.29, 0.717) is 12.4 Å². The Morgan fingerprint density at radius 1 is 1.29 bits per heavy atom. The maximum atomic E-state index is 13.9. The monoisotopic (exact) mass is 405 g/mol. The van der Waals surface area contributed by atoms with Gasteiger partial charge in [0, 0.05) is 43.8 Å². The van der Waals surface area contributed by atoms with Gasteiger partial charge in [-0.2, -0.15) is 0 Å². The minimum atomic E-state index is -0.288. The average Bonchev–Trinajstić information content (AvgIpc) is 3.17. The van der Waals surface area contributed by atoms with Gasteiger partial charge in [-0.1, -0.05) is 0 Å². The van der Waals surface area contributed by atoms with Crippen molar-refractivity contribution in [2.75, 3.05) is 37.3 Å². The van der Waals surface area contributed by atoms with Crippen LogP contribution in [-0.2, 0) is 0 Å². The normalized spacial score (nSPS) is 17.0. The molecule has 1 aromatic carbocycles. The van der Waals surface area contributed by atoms with Crippen molar-refractivity contribution in [1.82, 2.24) is 15.6 Å². The second kappa shape index (κ2) is 10.3. The van der Waals surface area contributed by atoms with Gasteiger partial charge in [-0.15, -0.1) is 11.8 Å². The van der Waals surface area contributed by atoms with E-state index in [9.17, 15) is 8.78 Å². The van der Waals surface area contributed by atoms with E-state index < -0.39 is 0 Å². The number of hydrogen-bond acceptors (Lipinski definition) is 4. The van der Waals surface area contributed by atoms with Crippen LogP contribution >= 0.6 is 11.8 Å². The molecule has 1 aliphatic heterocycles. The number of thioether (sulfide) groups is 1. The van der Waals surface area contributed by atoms with E-state index in [-0.39, 0.29) is 17.7 Å². The van der Waals surface area contributed by atoms with Crippen LogP contribution in [0.2, 0.25) is 0 Å². The number of nitrogens with one attached hydrogen (secondary N) is 2. The maximum Gasteiger partial charge on any atom is 0.191 e. The van der Waals surface area contributed by atoms with E-state index in [0.717, 1.165) is 42.5 Å². The van der Waals surface area contributed by atoms with E-state index in [1.165, 1.54) is 18.2 Å². The molecule has 2 aromatic rings. The van der Waals surface area contributed by atoms with Crippen molar-refractivity contribution < 1.29 is 8.78 Å². The molecule has 1 aromatic heterocycles. The highest BCUT2D eigenvalue weighted by Gasteiger charge is 2.25. The fraction of sp³-hybridized carbons (Fsp3) is 0.400. The molecule has 0 radical (unpaired) electrons. The highest BCUT2D eigenvalue weighted by molar-refractivity contribution is 7.99. The minimum Gasteiger partial charge on any atom is -0.356 e. The third-order valence-corrected chi connectivity index (χ3v) is 5.59. The van der Waals surface area contributed by atoms with E-state index >= 15 is 0 Å². The first-order valence-electron chi connectivity index (χ1n) is 9.36. The van der Waals surface area contributed by atoms with Gasteiger partial charge in [-0.3, -0.25) is 4.99 Å². The number of aliphatic imine (C=N–C) groups is 1. The van der Waals surface area contributed by atoms with Crippen molar-refractivity contribution in [1.29, 1.82) is 0 Å². The van der Waals surface area contributed by atoms with Crippen LogP contribution in [0, 0.1) is 11.6 Å². The summed E-state index contributed by atoms with van der Waals surface area (Å²) in [7, 11) is 1.74. The van der Waals surface area contributed by atoms with E-state index in [1.54, 1.807) is 43.2 Å². The smallest absolute Gasteiger partial charge is 0.191 e. The lowest BCUT2D eigenvalue weighted by Crippen LogP contribution is -2.45. The van der Waals surface area contributed by atoms with Crippen molar-refractivity contribution in [3.05, 3.63) is 54.2 Å². The van der Waals surface area contributed by atoms with Crippen molar-refractivity contribution in [3.8, 4) is 0 Å². The summed E-state index contributed by atoms with van der Waals surface area (Å²) in [6, 6.07) is 9.79. The summed E-state index contributed by atoms with van der Waals surface area (Å²) in [5.41, 5.74) is 0. The summed E-state index contributed by atoms with van der Waals surface area (Å²) >= 11 is 1.70. The topological polar surface area (TPSA) is 52.6 Å². The molecule has 8 heteroatoms. The molecule has 3 rings (SSSR count). The molecule has 2 heterocycles. The second-order valence-electron chi connectivity index (χ2n) is 6.54. The summed E-state index contributed by atoms with van der Waals surface area (Å²) in [5.74, 6) is 1.60. The highest BCUT2D eigenvalue weighted by atomic mass is 32.2. The second-order valence-corrected chi connectivity index (χ2v) is 7.71. The Kier molecular flexibility index (Phi) is 7.47. The van der Waals surface area contributed by atoms with Gasteiger partial charge in [0.15, 0.2) is 17.6 Å². The summed E-state index contributed by atoms with van der Waals surface area (Å²) in [6.45, 7) is 2.24. The standard InChI is InChI=1S/C20H25F2N5S/c1-23-20(25-11-3-13-28-17-7-5-15(21)6-8-17)26-16-9-12-27(14-16)19-18(22)4-2-10-24-19/h2,4-8,10,16H,3,9,11-14H2,1H3,(H2,23,25,26). The lowest BCUT2D eigenvalue weighted by molar-refractivity contribution is 0.612. The largest absolute Gasteiger partial charge is 0.356 e. The van der Waals surface area contributed by atoms with Gasteiger partial charge in [0.2, 0.25) is 0 Å². The molecule has 2 N–H and O–H groups in total. The fourth-order valence-corrected chi connectivity index (χ4v) is 3.92. The number of pyridine rings is 1. The lowest BCUT2D eigenvalue weighted by atomic mass is 10.3. The van der Waals surface area contributed by atoms with Crippen molar-refractivity contribution in [2.45, 2.75) is 23.8 Å². The highest BCUT2D eigenvalue weighted by Crippen LogP contribution is 2.21. The average molecular weight is 406 g/mol. The predicted octanol–water partition coefficient (Wildman–Crippen LogP) is 3.29. The van der Waals surface area contributed by atoms with Crippen LogP contribution in [0.3, 0.4) is 0 Å². The molecule has 0 spiro atoms. The molecule has 1 atom stereocenters. The molecule has 1 unspecified atom stereocenters. The summed E-state index contributed by atoms with van der Waals surface area (Å²) in [4.78, 5) is 11.4. The molecule has 0 saturated carbocycles. The Balaban J connectivity index is 1.37. The molecule has 1 aliphatic rings. The summed E-state index contributed by atoms with van der Waals surface area (Å²) in [6.07, 6.45) is 3.47. The van der Waals surface area contributed by atoms with Crippen molar-refractivity contribution in [2.24, 2.45) is 4.99 Å². The van der Waals surface area contributed by atoms with Gasteiger partial charge >= 0.3 is 0 Å². The van der Waals surface area contributed by atoms with E-state index in [1.807, 2.05) is 4.90 Å². The van der Waals surface area contributed by atoms with Gasteiger partial charge in [0.25, 0.3) is 0 Å². The number of rotatable bonds is 7. The molecule has 1 fully saturated rings. The molecule has 0 amide bonds. The first-order chi connectivity index (χ1) is 13.7. The van der Waals surface area contributed by atoms with Gasteiger partial charge in [-0.25, -0.2) is 13.8 Å². The SMILES string of the molecule is CN=C(NCCCSc1ccc(F)cc1)NC1CCN(c2ncccc2F)C1. The fourth-order valence-electron chi connectivity index (χ4n) is 3.07. The van der Waals surface area contributed by atoms with Crippen LogP contribution in [0.15, 0.2) is 52.5 Å². The summed E-state index contributed by atoms with van der Waals surface area (Å²) in [5, 5.41) is 6.71. The van der Waals surface area contributed by atoms with Crippen LogP contribution in [0.1, 0.15) is 12.8 Å². The van der Waals surface area contributed by atoms with Gasteiger partial charge in [0.1, 0.15) is 5.82 Å². The van der Waals surface area contributed by atoms with Gasteiger partial charge < -0.3 is 15.5 Å². The van der Waals surface area contributed by atoms with E-state index in [4.69, 9.17) is 0 Å². The van der Waals surface area contributed by atoms with Crippen LogP contribution in [-0.4, -0.2) is 49.4 Å². The van der Waals surface area contributed by atoms with Crippen LogP contribution in [0.4, 0.5) is 14.6 Å². The van der Waals surface area contributed by atoms with Crippen LogP contribution < -0.4 is 15.5 Å². The van der Waals surface area contributed by atoms with E-state index in [2.05, 4.69) is 20.6 Å². The van der Waals surface area contributed by atoms with Crippen molar-refractivity contribution >= 4 is 23.5 Å². The zero-order chi connectivity index (χ0) is 19.8. The first kappa shape index (κ1) is 20.4. The number of benzene rings is 1. The van der Waals surface area contributed by atoms with Crippen molar-refractivity contribution in [3.63, 3.8) is 0 Å². The van der Waals surface area contributed by atoms with Gasteiger partial charge in [0.05, 0.1) is 0 Å². The summed E-state index contributed by atoms with van der Waals surface area (Å²) < 4.78 is 26.8. The Hall–Kier alpha value is -2.35. The Morgan fingerprint density at radius 3 is 2.86 bits per heavy atom. The molecule has 28 heavy (non-hydrogen) atoms. The molecular weight excluding hydrogens is 380 g/mol. The first-order valence-corrected chi connectivity index (χ1v) is 10.4. The quantitative estimate of drug-likeness (QED) is 0.320. The number of hydrogen-bond donors (Lipinski definition) is 2. The van der Waals surface area contributed by atoms with Gasteiger partial charge in [-0.05, 0) is 55.0 Å². The zero-order valence-corrected chi connectivity index (χ0v) is 16.7. The third kappa shape index (κ3) is 5.82. The number of aromatic nitrogens is 1. The lowest BCUT2D eigenvalue weighted by Gasteiger charge is -2.20. The zero-order valence-electron chi connectivity index (χ0n) is 15.9. The Bertz CT molecular complexity index is 784. The molecule has 0 aliphatic carbocycles.